The fourth-order valence-electron chi connectivity index (χ4n) is 1.61. The van der Waals surface area contributed by atoms with Gasteiger partial charge < -0.3 is 11.1 Å². The van der Waals surface area contributed by atoms with Crippen molar-refractivity contribution in [2.24, 2.45) is 0 Å². The minimum absolute atomic E-state index is 0.0959. The van der Waals surface area contributed by atoms with Gasteiger partial charge in [0.25, 0.3) is 0 Å². The van der Waals surface area contributed by atoms with Crippen molar-refractivity contribution in [1.29, 1.82) is 0 Å². The van der Waals surface area contributed by atoms with Crippen LogP contribution < -0.4 is 11.1 Å². The van der Waals surface area contributed by atoms with E-state index in [4.69, 9.17) is 5.73 Å². The van der Waals surface area contributed by atoms with Gasteiger partial charge in [-0.15, -0.1) is 11.3 Å². The fourth-order valence-corrected chi connectivity index (χ4v) is 2.17. The molecule has 19 heavy (non-hydrogen) atoms. The van der Waals surface area contributed by atoms with Gasteiger partial charge in [0, 0.05) is 5.38 Å². The number of thiazole rings is 1. The second kappa shape index (κ2) is 6.10. The molecule has 1 heterocycles. The summed E-state index contributed by atoms with van der Waals surface area (Å²) in [7, 11) is 0. The van der Waals surface area contributed by atoms with Crippen LogP contribution in [0.1, 0.15) is 17.3 Å². The predicted molar refractivity (Wildman–Crippen MR) is 73.2 cm³/mol. The number of carbonyl (C=O) groups is 1. The molecule has 0 aliphatic rings. The van der Waals surface area contributed by atoms with Gasteiger partial charge in [-0.25, -0.2) is 4.98 Å². The molecule has 1 unspecified atom stereocenters. The van der Waals surface area contributed by atoms with Crippen molar-refractivity contribution < 1.29 is 9.59 Å². The van der Waals surface area contributed by atoms with Crippen molar-refractivity contribution in [3.63, 3.8) is 0 Å². The Morgan fingerprint density at radius 1 is 1.42 bits per heavy atom. The molecule has 1 aromatic heterocycles. The van der Waals surface area contributed by atoms with Crippen LogP contribution in [0.3, 0.4) is 0 Å². The van der Waals surface area contributed by atoms with Gasteiger partial charge in [0.2, 0.25) is 12.2 Å². The zero-order chi connectivity index (χ0) is 13.7. The van der Waals surface area contributed by atoms with Gasteiger partial charge in [0.1, 0.15) is 6.04 Å². The number of nitrogen functional groups attached to an aromatic ring is 1. The standard InChI is InChI=1S/C13H12N3O2S/c14-13-15-10(8-19-13)6-12(18)16-11(7-17)9-4-2-1-3-5-9/h1-5,8,11H,6H2,(H2,14,15)(H,16,18). The number of hydrogen-bond acceptors (Lipinski definition) is 5. The molecular weight excluding hydrogens is 262 g/mol. The number of aromatic nitrogens is 1. The largest absolute Gasteiger partial charge is 0.375 e. The van der Waals surface area contributed by atoms with Gasteiger partial charge in [-0.3, -0.25) is 9.59 Å². The summed E-state index contributed by atoms with van der Waals surface area (Å²) in [6.07, 6.45) is 1.91. The number of hydrogen-bond donors (Lipinski definition) is 2. The lowest BCUT2D eigenvalue weighted by Gasteiger charge is -2.11. The van der Waals surface area contributed by atoms with Crippen LogP contribution in [0.4, 0.5) is 5.13 Å². The molecule has 1 amide bonds. The number of amides is 1. The molecule has 0 saturated heterocycles. The lowest BCUT2D eigenvalue weighted by atomic mass is 10.1. The Morgan fingerprint density at radius 3 is 2.74 bits per heavy atom. The highest BCUT2D eigenvalue weighted by Crippen LogP contribution is 2.13. The van der Waals surface area contributed by atoms with E-state index in [1.54, 1.807) is 29.6 Å². The molecule has 6 heteroatoms. The van der Waals surface area contributed by atoms with E-state index in [-0.39, 0.29) is 12.3 Å². The quantitative estimate of drug-likeness (QED) is 0.859. The summed E-state index contributed by atoms with van der Waals surface area (Å²) in [6.45, 7) is 0. The Balaban J connectivity index is 1.99. The zero-order valence-electron chi connectivity index (χ0n) is 10.00. The minimum atomic E-state index is -0.760. The predicted octanol–water partition coefficient (Wildman–Crippen LogP) is 1.23. The number of rotatable bonds is 5. The summed E-state index contributed by atoms with van der Waals surface area (Å²) in [5.41, 5.74) is 6.78. The summed E-state index contributed by atoms with van der Waals surface area (Å²) in [4.78, 5) is 26.7. The number of nitrogens with zero attached hydrogens (tertiary/aromatic N) is 1. The van der Waals surface area contributed by atoms with Gasteiger partial charge in [-0.2, -0.15) is 0 Å². The number of nitrogens with one attached hydrogen (secondary N) is 1. The van der Waals surface area contributed by atoms with E-state index in [0.717, 1.165) is 0 Å². The zero-order valence-corrected chi connectivity index (χ0v) is 10.8. The molecule has 2 rings (SSSR count). The molecule has 0 aliphatic carbocycles. The fraction of sp³-hybridized carbons (Fsp3) is 0.154. The van der Waals surface area contributed by atoms with Gasteiger partial charge in [-0.05, 0) is 5.56 Å². The molecule has 0 fully saturated rings. The third-order valence-electron chi connectivity index (χ3n) is 2.47. The minimum Gasteiger partial charge on any atom is -0.375 e. The van der Waals surface area contributed by atoms with Crippen LogP contribution in [0.5, 0.6) is 0 Å². The highest BCUT2D eigenvalue weighted by atomic mass is 32.1. The molecule has 0 spiro atoms. The Hall–Kier alpha value is -2.21. The van der Waals surface area contributed by atoms with E-state index >= 15 is 0 Å². The highest BCUT2D eigenvalue weighted by Gasteiger charge is 2.15. The van der Waals surface area contributed by atoms with E-state index < -0.39 is 6.04 Å². The van der Waals surface area contributed by atoms with Crippen LogP contribution in [0.15, 0.2) is 35.7 Å². The maximum Gasteiger partial charge on any atom is 0.227 e. The van der Waals surface area contributed by atoms with Crippen LogP contribution in [0.25, 0.3) is 0 Å². The molecule has 0 bridgehead atoms. The summed E-state index contributed by atoms with van der Waals surface area (Å²) >= 11 is 1.28. The summed E-state index contributed by atoms with van der Waals surface area (Å²) in [5.74, 6) is -0.289. The molecule has 1 atom stereocenters. The van der Waals surface area contributed by atoms with Crippen LogP contribution in [0, 0.1) is 0 Å². The van der Waals surface area contributed by atoms with Crippen molar-refractivity contribution in [2.75, 3.05) is 5.73 Å². The van der Waals surface area contributed by atoms with Crippen LogP contribution >= 0.6 is 11.3 Å². The summed E-state index contributed by atoms with van der Waals surface area (Å²) in [6, 6.07) is 8.20. The highest BCUT2D eigenvalue weighted by molar-refractivity contribution is 7.13. The lowest BCUT2D eigenvalue weighted by molar-refractivity contribution is -0.120. The van der Waals surface area contributed by atoms with Gasteiger partial charge >= 0.3 is 0 Å². The molecule has 1 radical (unpaired) electrons. The molecule has 2 aromatic rings. The Morgan fingerprint density at radius 2 is 2.16 bits per heavy atom. The first-order valence-electron chi connectivity index (χ1n) is 5.61. The van der Waals surface area contributed by atoms with E-state index in [0.29, 0.717) is 16.4 Å². The van der Waals surface area contributed by atoms with Crippen molar-refractivity contribution in [3.05, 3.63) is 47.0 Å². The van der Waals surface area contributed by atoms with Crippen LogP contribution in [-0.4, -0.2) is 17.2 Å². The number of nitrogens with two attached hydrogens (primary N) is 1. The molecular formula is C13H12N3O2S. The van der Waals surface area contributed by atoms with E-state index in [1.807, 2.05) is 12.4 Å². The molecule has 1 aromatic carbocycles. The number of anilines is 1. The SMILES string of the molecule is Nc1nc(CC(=O)NC([C]=O)c2ccccc2)cs1. The van der Waals surface area contributed by atoms with Gasteiger partial charge in [-0.1, -0.05) is 30.3 Å². The molecule has 0 saturated carbocycles. The molecule has 5 nitrogen and oxygen atoms in total. The number of benzene rings is 1. The molecule has 97 valence electrons. The van der Waals surface area contributed by atoms with Crippen molar-refractivity contribution in [2.45, 2.75) is 12.5 Å². The Labute approximate surface area is 114 Å². The third kappa shape index (κ3) is 3.62. The molecule has 0 aliphatic heterocycles. The van der Waals surface area contributed by atoms with E-state index in [2.05, 4.69) is 10.3 Å². The van der Waals surface area contributed by atoms with Crippen molar-refractivity contribution in [1.82, 2.24) is 10.3 Å². The monoisotopic (exact) mass is 274 g/mol. The van der Waals surface area contributed by atoms with Gasteiger partial charge in [0.15, 0.2) is 5.13 Å². The Kier molecular flexibility index (Phi) is 4.25. The van der Waals surface area contributed by atoms with Crippen molar-refractivity contribution in [3.8, 4) is 0 Å². The average molecular weight is 274 g/mol. The maximum absolute atomic E-state index is 11.8. The van der Waals surface area contributed by atoms with Crippen LogP contribution in [-0.2, 0) is 16.0 Å². The molecule has 3 N–H and O–H groups in total. The smallest absolute Gasteiger partial charge is 0.227 e. The third-order valence-corrected chi connectivity index (χ3v) is 3.19. The normalized spacial score (nSPS) is 11.8. The van der Waals surface area contributed by atoms with E-state index in [1.165, 1.54) is 11.3 Å². The second-order valence-corrected chi connectivity index (χ2v) is 4.77. The first kappa shape index (κ1) is 13.2. The van der Waals surface area contributed by atoms with E-state index in [9.17, 15) is 9.59 Å². The Bertz CT molecular complexity index is 568. The average Bonchev–Trinajstić information content (AvgIpc) is 2.82. The van der Waals surface area contributed by atoms with Crippen LogP contribution in [0.2, 0.25) is 0 Å². The first-order chi connectivity index (χ1) is 9.19. The number of carbonyl (C=O) groups excluding carboxylic acids is 2. The second-order valence-electron chi connectivity index (χ2n) is 3.88. The summed E-state index contributed by atoms with van der Waals surface area (Å²) in [5, 5.41) is 4.74. The van der Waals surface area contributed by atoms with Crippen molar-refractivity contribution >= 4 is 28.7 Å². The first-order valence-corrected chi connectivity index (χ1v) is 6.49. The maximum atomic E-state index is 11.8. The lowest BCUT2D eigenvalue weighted by Crippen LogP contribution is -2.30. The topological polar surface area (TPSA) is 85.1 Å². The summed E-state index contributed by atoms with van der Waals surface area (Å²) < 4.78 is 0. The van der Waals surface area contributed by atoms with Gasteiger partial charge in [0.05, 0.1) is 12.1 Å².